The number of hydrogen-bond donors (Lipinski definition) is 1. The molecule has 5 heteroatoms. The Morgan fingerprint density at radius 1 is 1.15 bits per heavy atom. The van der Waals surface area contributed by atoms with Gasteiger partial charge in [-0.25, -0.2) is 8.42 Å². The summed E-state index contributed by atoms with van der Waals surface area (Å²) < 4.78 is 30.0. The molecule has 0 saturated carbocycles. The third-order valence-corrected chi connectivity index (χ3v) is 4.73. The third kappa shape index (κ3) is 3.11. The van der Waals surface area contributed by atoms with Gasteiger partial charge in [0, 0.05) is 6.07 Å². The van der Waals surface area contributed by atoms with E-state index in [1.165, 1.54) is 13.2 Å². The van der Waals surface area contributed by atoms with E-state index in [2.05, 4.69) is 0 Å². The van der Waals surface area contributed by atoms with Crippen molar-refractivity contribution in [2.75, 3.05) is 12.8 Å². The van der Waals surface area contributed by atoms with Crippen LogP contribution in [-0.2, 0) is 15.6 Å². The molecular formula is C15H17NO3S. The van der Waals surface area contributed by atoms with Crippen LogP contribution < -0.4 is 10.5 Å². The zero-order valence-electron chi connectivity index (χ0n) is 11.5. The Morgan fingerprint density at radius 3 is 2.55 bits per heavy atom. The van der Waals surface area contributed by atoms with Crippen LogP contribution in [0.3, 0.4) is 0 Å². The standard InChI is InChI=1S/C15H17NO3S/c1-11-4-3-5-12(8-11)10-20(17,18)15-9-13(19-2)6-7-14(15)16/h3-9H,10,16H2,1-2H3. The highest BCUT2D eigenvalue weighted by atomic mass is 32.2. The molecule has 0 unspecified atom stereocenters. The number of nitrogen functional groups attached to an aromatic ring is 1. The molecule has 0 aliphatic rings. The number of aryl methyl sites for hydroxylation is 1. The number of sulfone groups is 1. The molecule has 2 N–H and O–H groups in total. The number of rotatable bonds is 4. The van der Waals surface area contributed by atoms with Crippen molar-refractivity contribution in [3.05, 3.63) is 53.6 Å². The SMILES string of the molecule is COc1ccc(N)c(S(=O)(=O)Cc2cccc(C)c2)c1. The van der Waals surface area contributed by atoms with Crippen molar-refractivity contribution in [2.45, 2.75) is 17.6 Å². The molecule has 106 valence electrons. The van der Waals surface area contributed by atoms with Crippen LogP contribution in [0.15, 0.2) is 47.4 Å². The fourth-order valence-corrected chi connectivity index (χ4v) is 3.51. The first-order chi connectivity index (χ1) is 9.42. The van der Waals surface area contributed by atoms with E-state index < -0.39 is 9.84 Å². The van der Waals surface area contributed by atoms with Gasteiger partial charge in [-0.05, 0) is 24.6 Å². The topological polar surface area (TPSA) is 69.4 Å². The van der Waals surface area contributed by atoms with Gasteiger partial charge in [0.1, 0.15) is 5.75 Å². The summed E-state index contributed by atoms with van der Waals surface area (Å²) in [7, 11) is -2.01. The van der Waals surface area contributed by atoms with Crippen LogP contribution in [0.25, 0.3) is 0 Å². The zero-order valence-corrected chi connectivity index (χ0v) is 12.3. The van der Waals surface area contributed by atoms with Gasteiger partial charge in [-0.2, -0.15) is 0 Å². The second kappa shape index (κ2) is 5.54. The smallest absolute Gasteiger partial charge is 0.184 e. The first kappa shape index (κ1) is 14.4. The summed E-state index contributed by atoms with van der Waals surface area (Å²) in [6.07, 6.45) is 0. The minimum atomic E-state index is -3.50. The van der Waals surface area contributed by atoms with E-state index in [0.717, 1.165) is 11.1 Å². The summed E-state index contributed by atoms with van der Waals surface area (Å²) in [5.74, 6) is 0.397. The van der Waals surface area contributed by atoms with Crippen molar-refractivity contribution >= 4 is 15.5 Å². The monoisotopic (exact) mass is 291 g/mol. The maximum absolute atomic E-state index is 12.5. The van der Waals surface area contributed by atoms with Gasteiger partial charge in [0.25, 0.3) is 0 Å². The minimum Gasteiger partial charge on any atom is -0.497 e. The second-order valence-corrected chi connectivity index (χ2v) is 6.61. The molecule has 0 bridgehead atoms. The number of hydrogen-bond acceptors (Lipinski definition) is 4. The summed E-state index contributed by atoms with van der Waals surface area (Å²) in [4.78, 5) is 0.110. The lowest BCUT2D eigenvalue weighted by Gasteiger charge is -2.10. The summed E-state index contributed by atoms with van der Waals surface area (Å²) in [5, 5.41) is 0. The molecule has 0 saturated heterocycles. The van der Waals surface area contributed by atoms with Crippen molar-refractivity contribution in [2.24, 2.45) is 0 Å². The maximum Gasteiger partial charge on any atom is 0.184 e. The van der Waals surface area contributed by atoms with Crippen molar-refractivity contribution < 1.29 is 13.2 Å². The van der Waals surface area contributed by atoms with Gasteiger partial charge in [0.15, 0.2) is 9.84 Å². The van der Waals surface area contributed by atoms with Gasteiger partial charge in [-0.15, -0.1) is 0 Å². The van der Waals surface area contributed by atoms with Gasteiger partial charge in [-0.1, -0.05) is 29.8 Å². The summed E-state index contributed by atoms with van der Waals surface area (Å²) in [5.41, 5.74) is 7.78. The molecule has 0 aromatic heterocycles. The molecular weight excluding hydrogens is 274 g/mol. The van der Waals surface area contributed by atoms with E-state index >= 15 is 0 Å². The average molecular weight is 291 g/mol. The molecule has 0 spiro atoms. The molecule has 2 rings (SSSR count). The maximum atomic E-state index is 12.5. The van der Waals surface area contributed by atoms with Crippen molar-refractivity contribution in [1.82, 2.24) is 0 Å². The van der Waals surface area contributed by atoms with E-state index in [0.29, 0.717) is 5.75 Å². The Labute approximate surface area is 119 Å². The van der Waals surface area contributed by atoms with Crippen molar-refractivity contribution in [1.29, 1.82) is 0 Å². The Balaban J connectivity index is 2.40. The molecule has 0 aliphatic heterocycles. The second-order valence-electron chi connectivity index (χ2n) is 4.65. The Morgan fingerprint density at radius 2 is 1.90 bits per heavy atom. The average Bonchev–Trinajstić information content (AvgIpc) is 2.38. The molecule has 0 radical (unpaired) electrons. The summed E-state index contributed by atoms with van der Waals surface area (Å²) in [6.45, 7) is 1.93. The van der Waals surface area contributed by atoms with Crippen LogP contribution >= 0.6 is 0 Å². The lowest BCUT2D eigenvalue weighted by molar-refractivity contribution is 0.413. The van der Waals surface area contributed by atoms with E-state index in [1.807, 2.05) is 25.1 Å². The molecule has 0 heterocycles. The number of anilines is 1. The van der Waals surface area contributed by atoms with Crippen LogP contribution in [0.2, 0.25) is 0 Å². The zero-order chi connectivity index (χ0) is 14.8. The molecule has 0 fully saturated rings. The summed E-state index contributed by atoms with van der Waals surface area (Å²) >= 11 is 0. The van der Waals surface area contributed by atoms with E-state index in [-0.39, 0.29) is 16.3 Å². The highest BCUT2D eigenvalue weighted by molar-refractivity contribution is 7.90. The van der Waals surface area contributed by atoms with Crippen molar-refractivity contribution in [3.8, 4) is 5.75 Å². The first-order valence-corrected chi connectivity index (χ1v) is 7.79. The Bertz CT molecular complexity index is 724. The molecule has 4 nitrogen and oxygen atoms in total. The summed E-state index contributed by atoms with van der Waals surface area (Å²) in [6, 6.07) is 12.1. The lowest BCUT2D eigenvalue weighted by atomic mass is 10.2. The van der Waals surface area contributed by atoms with Crippen LogP contribution in [0.5, 0.6) is 5.75 Å². The predicted molar refractivity (Wildman–Crippen MR) is 79.5 cm³/mol. The van der Waals surface area contributed by atoms with Gasteiger partial charge in [-0.3, -0.25) is 0 Å². The molecule has 0 amide bonds. The van der Waals surface area contributed by atoms with Gasteiger partial charge in [0.05, 0.1) is 23.4 Å². The van der Waals surface area contributed by atoms with Crippen LogP contribution in [0.1, 0.15) is 11.1 Å². The largest absolute Gasteiger partial charge is 0.497 e. The van der Waals surface area contributed by atoms with Crippen molar-refractivity contribution in [3.63, 3.8) is 0 Å². The Kier molecular flexibility index (Phi) is 3.99. The molecule has 2 aromatic rings. The van der Waals surface area contributed by atoms with Gasteiger partial charge < -0.3 is 10.5 Å². The first-order valence-electron chi connectivity index (χ1n) is 6.14. The fraction of sp³-hybridized carbons (Fsp3) is 0.200. The fourth-order valence-electron chi connectivity index (χ4n) is 2.01. The van der Waals surface area contributed by atoms with Crippen LogP contribution in [0, 0.1) is 6.92 Å². The predicted octanol–water partition coefficient (Wildman–Crippen LogP) is 2.56. The highest BCUT2D eigenvalue weighted by Crippen LogP contribution is 2.27. The van der Waals surface area contributed by atoms with Crippen LogP contribution in [-0.4, -0.2) is 15.5 Å². The van der Waals surface area contributed by atoms with E-state index in [9.17, 15) is 8.42 Å². The number of methoxy groups -OCH3 is 1. The molecule has 2 aromatic carbocycles. The van der Waals surface area contributed by atoms with E-state index in [4.69, 9.17) is 10.5 Å². The third-order valence-electron chi connectivity index (χ3n) is 2.99. The minimum absolute atomic E-state index is 0.0773. The van der Waals surface area contributed by atoms with Gasteiger partial charge >= 0.3 is 0 Å². The van der Waals surface area contributed by atoms with E-state index in [1.54, 1.807) is 18.2 Å². The number of ether oxygens (including phenoxy) is 1. The van der Waals surface area contributed by atoms with Gasteiger partial charge in [0.2, 0.25) is 0 Å². The molecule has 0 aliphatic carbocycles. The number of benzene rings is 2. The molecule has 0 atom stereocenters. The normalized spacial score (nSPS) is 11.3. The molecule has 20 heavy (non-hydrogen) atoms. The lowest BCUT2D eigenvalue weighted by Crippen LogP contribution is -2.08. The highest BCUT2D eigenvalue weighted by Gasteiger charge is 2.19. The van der Waals surface area contributed by atoms with Crippen LogP contribution in [0.4, 0.5) is 5.69 Å². The quantitative estimate of drug-likeness (QED) is 0.879. The number of nitrogens with two attached hydrogens (primary N) is 1. The Hall–Kier alpha value is -2.01.